The number of aliphatic imine (C=N–C) groups is 1. The maximum atomic E-state index is 12.0. The zero-order valence-corrected chi connectivity index (χ0v) is 15.7. The molecule has 0 fully saturated rings. The van der Waals surface area contributed by atoms with Gasteiger partial charge in [-0.1, -0.05) is 19.1 Å². The van der Waals surface area contributed by atoms with Gasteiger partial charge in [-0.3, -0.25) is 9.79 Å². The number of hydrogen-bond acceptors (Lipinski definition) is 4. The number of hydrogen-bond donors (Lipinski definition) is 3. The van der Waals surface area contributed by atoms with Crippen LogP contribution in [-0.2, 0) is 13.1 Å². The molecule has 0 spiro atoms. The molecule has 0 unspecified atom stereocenters. The van der Waals surface area contributed by atoms with Gasteiger partial charge in [0.2, 0.25) is 0 Å². The van der Waals surface area contributed by atoms with Crippen LogP contribution in [0, 0.1) is 6.92 Å². The number of thiazole rings is 1. The number of amides is 1. The highest BCUT2D eigenvalue weighted by molar-refractivity contribution is 7.11. The average Bonchev–Trinajstić information content (AvgIpc) is 3.05. The van der Waals surface area contributed by atoms with Crippen LogP contribution in [0.1, 0.15) is 39.2 Å². The summed E-state index contributed by atoms with van der Waals surface area (Å²) in [6.45, 7) is 5.99. The Morgan fingerprint density at radius 3 is 2.72 bits per heavy atom. The van der Waals surface area contributed by atoms with Crippen molar-refractivity contribution < 1.29 is 4.79 Å². The Bertz CT molecular complexity index is 726. The van der Waals surface area contributed by atoms with Gasteiger partial charge in [0.25, 0.3) is 5.91 Å². The molecular weight excluding hydrogens is 334 g/mol. The Hall–Kier alpha value is -2.41. The molecule has 6 nitrogen and oxygen atoms in total. The Morgan fingerprint density at radius 2 is 2.04 bits per heavy atom. The summed E-state index contributed by atoms with van der Waals surface area (Å²) in [5.41, 5.74) is 1.70. The molecule has 0 atom stereocenters. The van der Waals surface area contributed by atoms with Gasteiger partial charge < -0.3 is 16.0 Å². The van der Waals surface area contributed by atoms with Crippen molar-refractivity contribution >= 4 is 23.2 Å². The number of aromatic nitrogens is 1. The summed E-state index contributed by atoms with van der Waals surface area (Å²) >= 11 is 1.67. The van der Waals surface area contributed by atoms with Crippen LogP contribution in [0.4, 0.5) is 0 Å². The summed E-state index contributed by atoms with van der Waals surface area (Å²) in [4.78, 5) is 21.8. The number of carbonyl (C=O) groups is 1. The monoisotopic (exact) mass is 359 g/mol. The van der Waals surface area contributed by atoms with E-state index in [1.165, 1.54) is 4.88 Å². The van der Waals surface area contributed by atoms with Gasteiger partial charge in [-0.25, -0.2) is 4.98 Å². The molecule has 0 aliphatic rings. The van der Waals surface area contributed by atoms with Crippen LogP contribution in [-0.4, -0.2) is 30.4 Å². The van der Waals surface area contributed by atoms with Gasteiger partial charge in [-0.2, -0.15) is 0 Å². The van der Waals surface area contributed by atoms with E-state index >= 15 is 0 Å². The van der Waals surface area contributed by atoms with E-state index in [1.54, 1.807) is 18.4 Å². The highest BCUT2D eigenvalue weighted by Crippen LogP contribution is 2.10. The first-order chi connectivity index (χ1) is 12.1. The molecule has 0 radical (unpaired) electrons. The minimum atomic E-state index is -0.0367. The van der Waals surface area contributed by atoms with Crippen molar-refractivity contribution in [1.82, 2.24) is 20.9 Å². The Kier molecular flexibility index (Phi) is 7.40. The van der Waals surface area contributed by atoms with Gasteiger partial charge in [-0.05, 0) is 31.0 Å². The normalized spacial score (nSPS) is 11.2. The number of nitrogens with one attached hydrogen (secondary N) is 3. The second kappa shape index (κ2) is 9.78. The van der Waals surface area contributed by atoms with Gasteiger partial charge >= 0.3 is 0 Å². The smallest absolute Gasteiger partial charge is 0.251 e. The van der Waals surface area contributed by atoms with E-state index < -0.39 is 0 Å². The van der Waals surface area contributed by atoms with Gasteiger partial charge in [0.05, 0.1) is 6.54 Å². The maximum absolute atomic E-state index is 12.0. The van der Waals surface area contributed by atoms with Crippen LogP contribution < -0.4 is 16.0 Å². The quantitative estimate of drug-likeness (QED) is 0.524. The maximum Gasteiger partial charge on any atom is 0.251 e. The van der Waals surface area contributed by atoms with Crippen molar-refractivity contribution in [2.24, 2.45) is 4.99 Å². The standard InChI is InChI=1S/C18H25N5OS/c1-4-8-20-17(24)15-7-5-6-14(9-15)11-22-18(19-3)23-12-16-21-10-13(2)25-16/h5-7,9-10H,4,8,11-12H2,1-3H3,(H,20,24)(H2,19,22,23). The molecule has 1 aromatic heterocycles. The molecule has 134 valence electrons. The molecule has 2 rings (SSSR count). The van der Waals surface area contributed by atoms with E-state index in [-0.39, 0.29) is 5.91 Å². The summed E-state index contributed by atoms with van der Waals surface area (Å²) in [5, 5.41) is 10.4. The number of rotatable bonds is 7. The number of aryl methyl sites for hydroxylation is 1. The molecule has 1 aromatic carbocycles. The Balaban J connectivity index is 1.87. The third kappa shape index (κ3) is 6.19. The SMILES string of the molecule is CCCNC(=O)c1cccc(CNC(=NC)NCc2ncc(C)s2)c1. The molecule has 2 aromatic rings. The van der Waals surface area contributed by atoms with Gasteiger partial charge in [0.1, 0.15) is 5.01 Å². The molecule has 25 heavy (non-hydrogen) atoms. The molecule has 0 saturated carbocycles. The minimum absolute atomic E-state index is 0.0367. The van der Waals surface area contributed by atoms with Crippen molar-refractivity contribution in [2.45, 2.75) is 33.4 Å². The summed E-state index contributed by atoms with van der Waals surface area (Å²) < 4.78 is 0. The van der Waals surface area contributed by atoms with Crippen molar-refractivity contribution in [1.29, 1.82) is 0 Å². The highest BCUT2D eigenvalue weighted by atomic mass is 32.1. The van der Waals surface area contributed by atoms with Gasteiger partial charge in [0, 0.05) is 36.8 Å². The van der Waals surface area contributed by atoms with Crippen molar-refractivity contribution in [2.75, 3.05) is 13.6 Å². The third-order valence-corrected chi connectivity index (χ3v) is 4.40. The number of guanidine groups is 1. The molecule has 1 amide bonds. The van der Waals surface area contributed by atoms with E-state index in [2.05, 4.69) is 25.9 Å². The highest BCUT2D eigenvalue weighted by Gasteiger charge is 2.06. The molecular formula is C18H25N5OS. The summed E-state index contributed by atoms with van der Waals surface area (Å²) in [7, 11) is 1.73. The Morgan fingerprint density at radius 1 is 1.24 bits per heavy atom. The first-order valence-electron chi connectivity index (χ1n) is 8.35. The lowest BCUT2D eigenvalue weighted by Crippen LogP contribution is -2.36. The van der Waals surface area contributed by atoms with E-state index in [4.69, 9.17) is 0 Å². The lowest BCUT2D eigenvalue weighted by molar-refractivity contribution is 0.0953. The first kappa shape index (κ1) is 18.9. The van der Waals surface area contributed by atoms with E-state index in [0.29, 0.717) is 31.2 Å². The van der Waals surface area contributed by atoms with Crippen LogP contribution in [0.3, 0.4) is 0 Å². The van der Waals surface area contributed by atoms with Crippen molar-refractivity contribution in [3.05, 3.63) is 51.5 Å². The predicted octanol–water partition coefficient (Wildman–Crippen LogP) is 2.46. The van der Waals surface area contributed by atoms with Crippen molar-refractivity contribution in [3.63, 3.8) is 0 Å². The summed E-state index contributed by atoms with van der Waals surface area (Å²) in [6.07, 6.45) is 2.79. The van der Waals surface area contributed by atoms with Crippen LogP contribution in [0.5, 0.6) is 0 Å². The van der Waals surface area contributed by atoms with E-state index in [1.807, 2.05) is 44.3 Å². The lowest BCUT2D eigenvalue weighted by Gasteiger charge is -2.11. The molecule has 0 aliphatic heterocycles. The van der Waals surface area contributed by atoms with E-state index in [9.17, 15) is 4.79 Å². The average molecular weight is 359 g/mol. The molecule has 0 aliphatic carbocycles. The Labute approximate surface area is 152 Å². The third-order valence-electron chi connectivity index (χ3n) is 3.48. The fourth-order valence-electron chi connectivity index (χ4n) is 2.21. The zero-order chi connectivity index (χ0) is 18.1. The second-order valence-corrected chi connectivity index (χ2v) is 6.92. The largest absolute Gasteiger partial charge is 0.352 e. The van der Waals surface area contributed by atoms with Crippen LogP contribution >= 0.6 is 11.3 Å². The second-order valence-electron chi connectivity index (χ2n) is 5.60. The molecule has 0 bridgehead atoms. The summed E-state index contributed by atoms with van der Waals surface area (Å²) in [5.74, 6) is 0.666. The topological polar surface area (TPSA) is 78.4 Å². The lowest BCUT2D eigenvalue weighted by atomic mass is 10.1. The minimum Gasteiger partial charge on any atom is -0.352 e. The molecule has 0 saturated heterocycles. The number of benzene rings is 1. The fraction of sp³-hybridized carbons (Fsp3) is 0.389. The van der Waals surface area contributed by atoms with Gasteiger partial charge in [-0.15, -0.1) is 11.3 Å². The van der Waals surface area contributed by atoms with E-state index in [0.717, 1.165) is 17.0 Å². The molecule has 7 heteroatoms. The number of nitrogens with zero attached hydrogens (tertiary/aromatic N) is 2. The summed E-state index contributed by atoms with van der Waals surface area (Å²) in [6, 6.07) is 7.61. The zero-order valence-electron chi connectivity index (χ0n) is 14.9. The number of carbonyl (C=O) groups excluding carboxylic acids is 1. The first-order valence-corrected chi connectivity index (χ1v) is 9.17. The molecule has 3 N–H and O–H groups in total. The molecule has 1 heterocycles. The van der Waals surface area contributed by atoms with Crippen LogP contribution in [0.2, 0.25) is 0 Å². The van der Waals surface area contributed by atoms with Crippen LogP contribution in [0.25, 0.3) is 0 Å². The fourth-order valence-corrected chi connectivity index (χ4v) is 2.94. The van der Waals surface area contributed by atoms with Crippen molar-refractivity contribution in [3.8, 4) is 0 Å². The van der Waals surface area contributed by atoms with Crippen LogP contribution in [0.15, 0.2) is 35.5 Å². The van der Waals surface area contributed by atoms with Gasteiger partial charge in [0.15, 0.2) is 5.96 Å². The predicted molar refractivity (Wildman–Crippen MR) is 103 cm³/mol.